The summed E-state index contributed by atoms with van der Waals surface area (Å²) in [7, 11) is 0. The third-order valence-electron chi connectivity index (χ3n) is 5.96. The molecule has 4 rings (SSSR count). The molecule has 3 heterocycles. The molecular formula is C24H33N5OS. The Bertz CT molecular complexity index is 886. The van der Waals surface area contributed by atoms with E-state index in [1.54, 1.807) is 11.3 Å². The Balaban J connectivity index is 1.27. The summed E-state index contributed by atoms with van der Waals surface area (Å²) in [5, 5.41) is 8.57. The lowest BCUT2D eigenvalue weighted by Gasteiger charge is -2.27. The second kappa shape index (κ2) is 10.8. The number of hydrogen-bond donors (Lipinski definition) is 2. The number of thiophene rings is 1. The molecule has 2 aromatic rings. The van der Waals surface area contributed by atoms with Gasteiger partial charge in [0.1, 0.15) is 0 Å². The fourth-order valence-electron chi connectivity index (χ4n) is 4.19. The molecule has 0 radical (unpaired) electrons. The number of nitrogens with zero attached hydrogens (tertiary/aromatic N) is 3. The first-order valence-corrected chi connectivity index (χ1v) is 12.2. The van der Waals surface area contributed by atoms with E-state index in [0.717, 1.165) is 32.6 Å². The van der Waals surface area contributed by atoms with E-state index in [9.17, 15) is 4.79 Å². The van der Waals surface area contributed by atoms with Gasteiger partial charge in [0, 0.05) is 31.1 Å². The molecule has 0 bridgehead atoms. The Labute approximate surface area is 189 Å². The van der Waals surface area contributed by atoms with Crippen LogP contribution in [0.15, 0.2) is 40.7 Å². The number of aliphatic imine (C=N–C) groups is 1. The van der Waals surface area contributed by atoms with Crippen LogP contribution in [0.3, 0.4) is 0 Å². The highest BCUT2D eigenvalue weighted by Crippen LogP contribution is 2.23. The minimum atomic E-state index is 0.119. The molecule has 7 heteroatoms. The third-order valence-corrected chi connectivity index (χ3v) is 6.98. The number of rotatable bonds is 7. The second-order valence-electron chi connectivity index (χ2n) is 8.28. The summed E-state index contributed by atoms with van der Waals surface area (Å²) in [5.74, 6) is 0.805. The summed E-state index contributed by atoms with van der Waals surface area (Å²) in [4.78, 5) is 23.2. The van der Waals surface area contributed by atoms with Gasteiger partial charge in [-0.2, -0.15) is 0 Å². The Morgan fingerprint density at radius 3 is 2.61 bits per heavy atom. The molecule has 6 nitrogen and oxygen atoms in total. The van der Waals surface area contributed by atoms with Crippen molar-refractivity contribution in [3.63, 3.8) is 0 Å². The number of carbonyl (C=O) groups excluding carboxylic acids is 1. The van der Waals surface area contributed by atoms with Crippen LogP contribution in [0.4, 0.5) is 0 Å². The molecule has 1 aromatic carbocycles. The zero-order valence-electron chi connectivity index (χ0n) is 18.4. The molecule has 1 fully saturated rings. The number of benzene rings is 1. The standard InChI is InChI=1S/C24H33N5OS/c1-2-25-24(27-16-23(30)29-13-9-22-21(18-29)10-14-31-22)26-15-19-5-7-20(8-6-19)17-28-11-3-4-12-28/h5-8,10,14H,2-4,9,11-13,15-18H2,1H3,(H2,25,26,27). The van der Waals surface area contributed by atoms with Gasteiger partial charge in [-0.15, -0.1) is 11.3 Å². The van der Waals surface area contributed by atoms with Crippen LogP contribution in [0.2, 0.25) is 0 Å². The lowest BCUT2D eigenvalue weighted by molar-refractivity contribution is -0.130. The summed E-state index contributed by atoms with van der Waals surface area (Å²) < 4.78 is 0. The lowest BCUT2D eigenvalue weighted by Crippen LogP contribution is -2.45. The molecule has 2 N–H and O–H groups in total. The van der Waals surface area contributed by atoms with Gasteiger partial charge in [0.15, 0.2) is 5.96 Å². The van der Waals surface area contributed by atoms with E-state index in [2.05, 4.69) is 56.2 Å². The highest BCUT2D eigenvalue weighted by Gasteiger charge is 2.21. The van der Waals surface area contributed by atoms with Crippen molar-refractivity contribution in [2.75, 3.05) is 32.7 Å². The molecular weight excluding hydrogens is 406 g/mol. The van der Waals surface area contributed by atoms with Crippen molar-refractivity contribution in [1.82, 2.24) is 20.4 Å². The van der Waals surface area contributed by atoms with Crippen molar-refractivity contribution in [3.8, 4) is 0 Å². The van der Waals surface area contributed by atoms with E-state index in [1.807, 2.05) is 11.8 Å². The fourth-order valence-corrected chi connectivity index (χ4v) is 5.08. The van der Waals surface area contributed by atoms with Crippen LogP contribution in [-0.4, -0.2) is 54.4 Å². The molecule has 0 saturated carbocycles. The SMILES string of the molecule is CCNC(=NCc1ccc(CN2CCCC2)cc1)NCC(=O)N1CCc2sccc2C1. The lowest BCUT2D eigenvalue weighted by atomic mass is 10.1. The second-order valence-corrected chi connectivity index (χ2v) is 9.28. The summed E-state index contributed by atoms with van der Waals surface area (Å²) >= 11 is 1.79. The maximum absolute atomic E-state index is 12.7. The van der Waals surface area contributed by atoms with E-state index in [0.29, 0.717) is 12.5 Å². The van der Waals surface area contributed by atoms with Gasteiger partial charge < -0.3 is 15.5 Å². The van der Waals surface area contributed by atoms with Gasteiger partial charge >= 0.3 is 0 Å². The smallest absolute Gasteiger partial charge is 0.242 e. The van der Waals surface area contributed by atoms with Crippen LogP contribution in [0, 0.1) is 0 Å². The maximum atomic E-state index is 12.7. The van der Waals surface area contributed by atoms with Crippen molar-refractivity contribution >= 4 is 23.2 Å². The monoisotopic (exact) mass is 439 g/mol. The van der Waals surface area contributed by atoms with Crippen molar-refractivity contribution in [3.05, 3.63) is 57.3 Å². The number of fused-ring (bicyclic) bond motifs is 1. The largest absolute Gasteiger partial charge is 0.357 e. The van der Waals surface area contributed by atoms with E-state index in [1.165, 1.54) is 47.5 Å². The van der Waals surface area contributed by atoms with Crippen LogP contribution >= 0.6 is 11.3 Å². The van der Waals surface area contributed by atoms with Crippen LogP contribution in [0.5, 0.6) is 0 Å². The van der Waals surface area contributed by atoms with Crippen LogP contribution in [0.25, 0.3) is 0 Å². The average Bonchev–Trinajstić information content (AvgIpc) is 3.47. The van der Waals surface area contributed by atoms with Crippen molar-refractivity contribution in [1.29, 1.82) is 0 Å². The van der Waals surface area contributed by atoms with Gasteiger partial charge in [-0.3, -0.25) is 9.69 Å². The number of guanidine groups is 1. The first-order valence-electron chi connectivity index (χ1n) is 11.4. The predicted molar refractivity (Wildman–Crippen MR) is 127 cm³/mol. The molecule has 0 unspecified atom stereocenters. The fraction of sp³-hybridized carbons (Fsp3) is 0.500. The number of carbonyl (C=O) groups is 1. The summed E-state index contributed by atoms with van der Waals surface area (Å²) in [6, 6.07) is 10.9. The maximum Gasteiger partial charge on any atom is 0.242 e. The Kier molecular flexibility index (Phi) is 7.59. The molecule has 1 aromatic heterocycles. The number of hydrogen-bond acceptors (Lipinski definition) is 4. The van der Waals surface area contributed by atoms with E-state index < -0.39 is 0 Å². The van der Waals surface area contributed by atoms with E-state index in [-0.39, 0.29) is 12.5 Å². The Hall–Kier alpha value is -2.38. The zero-order valence-corrected chi connectivity index (χ0v) is 19.2. The molecule has 1 saturated heterocycles. The van der Waals surface area contributed by atoms with Crippen molar-refractivity contribution in [2.24, 2.45) is 4.99 Å². The van der Waals surface area contributed by atoms with Crippen molar-refractivity contribution < 1.29 is 4.79 Å². The molecule has 2 aliphatic heterocycles. The van der Waals surface area contributed by atoms with Crippen LogP contribution < -0.4 is 10.6 Å². The van der Waals surface area contributed by atoms with E-state index >= 15 is 0 Å². The zero-order chi connectivity index (χ0) is 21.5. The van der Waals surface area contributed by atoms with Gasteiger partial charge in [-0.05, 0) is 67.4 Å². The quantitative estimate of drug-likeness (QED) is 0.514. The van der Waals surface area contributed by atoms with E-state index in [4.69, 9.17) is 0 Å². The van der Waals surface area contributed by atoms with Gasteiger partial charge in [0.2, 0.25) is 5.91 Å². The first-order chi connectivity index (χ1) is 15.2. The highest BCUT2D eigenvalue weighted by molar-refractivity contribution is 7.10. The molecule has 31 heavy (non-hydrogen) atoms. The summed E-state index contributed by atoms with van der Waals surface area (Å²) in [6.45, 7) is 8.64. The minimum Gasteiger partial charge on any atom is -0.357 e. The topological polar surface area (TPSA) is 60.0 Å². The van der Waals surface area contributed by atoms with Crippen LogP contribution in [-0.2, 0) is 30.8 Å². The summed E-state index contributed by atoms with van der Waals surface area (Å²) in [6.07, 6.45) is 3.60. The third kappa shape index (κ3) is 6.08. The molecule has 1 amide bonds. The molecule has 0 aliphatic carbocycles. The predicted octanol–water partition coefficient (Wildman–Crippen LogP) is 2.98. The summed E-state index contributed by atoms with van der Waals surface area (Å²) in [5.41, 5.74) is 3.83. The van der Waals surface area contributed by atoms with Gasteiger partial charge in [-0.25, -0.2) is 4.99 Å². The van der Waals surface area contributed by atoms with Crippen molar-refractivity contribution in [2.45, 2.75) is 45.8 Å². The molecule has 2 aliphatic rings. The first kappa shape index (κ1) is 21.8. The highest BCUT2D eigenvalue weighted by atomic mass is 32.1. The Morgan fingerprint density at radius 1 is 1.06 bits per heavy atom. The molecule has 0 spiro atoms. The van der Waals surface area contributed by atoms with Gasteiger partial charge in [0.05, 0.1) is 13.1 Å². The number of nitrogens with one attached hydrogen (secondary N) is 2. The number of likely N-dealkylation sites (tertiary alicyclic amines) is 1. The Morgan fingerprint density at radius 2 is 1.84 bits per heavy atom. The number of amides is 1. The van der Waals surface area contributed by atoms with Gasteiger partial charge in [0.25, 0.3) is 0 Å². The average molecular weight is 440 g/mol. The molecule has 0 atom stereocenters. The normalized spacial score (nSPS) is 16.9. The van der Waals surface area contributed by atoms with Gasteiger partial charge in [-0.1, -0.05) is 24.3 Å². The molecule has 166 valence electrons. The minimum absolute atomic E-state index is 0.119. The van der Waals surface area contributed by atoms with Crippen LogP contribution in [0.1, 0.15) is 41.3 Å².